The molecule has 0 atom stereocenters. The predicted octanol–water partition coefficient (Wildman–Crippen LogP) is 5.97. The molecule has 0 saturated heterocycles. The number of hydrogen-bond donors (Lipinski definition) is 3. The number of amides is 2. The van der Waals surface area contributed by atoms with Crippen molar-refractivity contribution in [3.05, 3.63) is 83.9 Å². The van der Waals surface area contributed by atoms with Crippen LogP contribution in [-0.4, -0.2) is 23.5 Å². The van der Waals surface area contributed by atoms with Crippen molar-refractivity contribution in [1.82, 2.24) is 5.32 Å². The zero-order chi connectivity index (χ0) is 20.4. The van der Waals surface area contributed by atoms with Gasteiger partial charge in [-0.3, -0.25) is 9.59 Å². The van der Waals surface area contributed by atoms with E-state index in [0.29, 0.717) is 23.2 Å². The fraction of sp³-hybridized carbons (Fsp3) is 0.154. The normalized spacial score (nSPS) is 10.1. The van der Waals surface area contributed by atoms with Gasteiger partial charge in [0.15, 0.2) is 0 Å². The second kappa shape index (κ2) is 9.76. The van der Waals surface area contributed by atoms with E-state index >= 15 is 0 Å². The molecule has 0 spiro atoms. The third kappa shape index (κ3) is 4.67. The highest BCUT2D eigenvalue weighted by Crippen LogP contribution is 2.28. The summed E-state index contributed by atoms with van der Waals surface area (Å²) in [5.74, 6) is -0.700. The van der Waals surface area contributed by atoms with E-state index in [2.05, 4.69) is 10.6 Å². The Morgan fingerprint density at radius 1 is 0.806 bits per heavy atom. The molecule has 0 fully saturated rings. The van der Waals surface area contributed by atoms with Crippen LogP contribution in [0.1, 0.15) is 42.5 Å². The fourth-order valence-corrected chi connectivity index (χ4v) is 3.40. The third-order valence-corrected chi connectivity index (χ3v) is 4.84. The van der Waals surface area contributed by atoms with Crippen LogP contribution < -0.4 is 10.6 Å². The van der Waals surface area contributed by atoms with Crippen molar-refractivity contribution in [2.45, 2.75) is 21.8 Å². The summed E-state index contributed by atoms with van der Waals surface area (Å²) in [5.41, 5.74) is 1.33. The number of fused-ring (bicyclic) bond motifs is 2. The van der Waals surface area contributed by atoms with Gasteiger partial charge >= 0.3 is 0 Å². The Morgan fingerprint density at radius 2 is 1.55 bits per heavy atom. The van der Waals surface area contributed by atoms with Crippen LogP contribution in [-0.2, 0) is 0 Å². The first kappa shape index (κ1) is 23.4. The van der Waals surface area contributed by atoms with Crippen LogP contribution in [0.2, 0.25) is 0 Å². The number of hydrogen-bond acceptors (Lipinski definition) is 3. The van der Waals surface area contributed by atoms with E-state index in [-0.39, 0.29) is 32.1 Å². The predicted molar refractivity (Wildman–Crippen MR) is 129 cm³/mol. The van der Waals surface area contributed by atoms with Crippen molar-refractivity contribution in [2.75, 3.05) is 11.9 Å². The van der Waals surface area contributed by atoms with E-state index in [9.17, 15) is 14.7 Å². The molecule has 4 aromatic rings. The molecule has 0 saturated carbocycles. The van der Waals surface area contributed by atoms with Crippen molar-refractivity contribution >= 4 is 39.0 Å². The van der Waals surface area contributed by atoms with Crippen molar-refractivity contribution in [2.24, 2.45) is 0 Å². The summed E-state index contributed by atoms with van der Waals surface area (Å²) in [4.78, 5) is 25.0. The maximum atomic E-state index is 12.9. The van der Waals surface area contributed by atoms with Gasteiger partial charge < -0.3 is 15.7 Å². The van der Waals surface area contributed by atoms with Crippen LogP contribution in [0.3, 0.4) is 0 Å². The second-order valence-electron chi connectivity index (χ2n) is 6.77. The molecule has 5 heteroatoms. The van der Waals surface area contributed by atoms with Gasteiger partial charge in [0, 0.05) is 23.2 Å². The Labute approximate surface area is 182 Å². The number of anilines is 1. The van der Waals surface area contributed by atoms with Crippen molar-refractivity contribution in [3.8, 4) is 5.75 Å². The molecule has 0 aliphatic rings. The summed E-state index contributed by atoms with van der Waals surface area (Å²) in [7, 11) is 0. The van der Waals surface area contributed by atoms with E-state index < -0.39 is 5.91 Å². The van der Waals surface area contributed by atoms with Gasteiger partial charge in [-0.2, -0.15) is 0 Å². The SMILES string of the molecule is C.C.CCNC(=O)c1ccc2cc(O)c(C(=O)Nc3cccc4ccccc34)cc2c1. The molecular formula is C26H28N2O3. The highest BCUT2D eigenvalue weighted by atomic mass is 16.3. The molecule has 4 rings (SSSR count). The van der Waals surface area contributed by atoms with Crippen molar-refractivity contribution in [1.29, 1.82) is 0 Å². The summed E-state index contributed by atoms with van der Waals surface area (Å²) >= 11 is 0. The first-order valence-corrected chi connectivity index (χ1v) is 9.41. The van der Waals surface area contributed by atoms with E-state index in [1.165, 1.54) is 6.07 Å². The zero-order valence-electron chi connectivity index (χ0n) is 15.9. The van der Waals surface area contributed by atoms with Gasteiger partial charge in [0.05, 0.1) is 5.56 Å². The molecule has 0 aliphatic heterocycles. The van der Waals surface area contributed by atoms with Gasteiger partial charge in [0.25, 0.3) is 11.8 Å². The third-order valence-electron chi connectivity index (χ3n) is 4.84. The standard InChI is InChI=1S/C24H20N2O3.2CH4/c1-2-25-23(28)17-11-10-16-14-22(27)20(13-18(16)12-17)24(29)26-21-9-5-7-15-6-3-4-8-19(15)21;;/h3-14,27H,2H2,1H3,(H,25,28)(H,26,29);2*1H4. The number of aromatic hydroxyl groups is 1. The summed E-state index contributed by atoms with van der Waals surface area (Å²) in [6, 6.07) is 21.7. The van der Waals surface area contributed by atoms with Crippen LogP contribution in [0.25, 0.3) is 21.5 Å². The van der Waals surface area contributed by atoms with Crippen molar-refractivity contribution < 1.29 is 14.7 Å². The minimum Gasteiger partial charge on any atom is -0.507 e. The second-order valence-corrected chi connectivity index (χ2v) is 6.77. The average Bonchev–Trinajstić information content (AvgIpc) is 2.73. The van der Waals surface area contributed by atoms with Crippen LogP contribution in [0, 0.1) is 0 Å². The minimum atomic E-state index is -0.413. The lowest BCUT2D eigenvalue weighted by Gasteiger charge is -2.11. The fourth-order valence-electron chi connectivity index (χ4n) is 3.40. The summed E-state index contributed by atoms with van der Waals surface area (Å²) in [5, 5.41) is 19.4. The van der Waals surface area contributed by atoms with Crippen LogP contribution >= 0.6 is 0 Å². The lowest BCUT2D eigenvalue weighted by molar-refractivity contribution is 0.0955. The number of benzene rings is 4. The largest absolute Gasteiger partial charge is 0.507 e. The van der Waals surface area contributed by atoms with Crippen LogP contribution in [0.15, 0.2) is 72.8 Å². The van der Waals surface area contributed by atoms with Crippen LogP contribution in [0.4, 0.5) is 5.69 Å². The molecule has 3 N–H and O–H groups in total. The zero-order valence-corrected chi connectivity index (χ0v) is 15.9. The number of phenolic OH excluding ortho intramolecular Hbond substituents is 1. The summed E-state index contributed by atoms with van der Waals surface area (Å²) < 4.78 is 0. The molecule has 31 heavy (non-hydrogen) atoms. The number of nitrogens with one attached hydrogen (secondary N) is 2. The Balaban J connectivity index is 0.00000171. The lowest BCUT2D eigenvalue weighted by atomic mass is 10.0. The minimum absolute atomic E-state index is 0. The summed E-state index contributed by atoms with van der Waals surface area (Å²) in [6.07, 6.45) is 0. The van der Waals surface area contributed by atoms with Gasteiger partial charge in [-0.05, 0) is 53.4 Å². The first-order valence-electron chi connectivity index (χ1n) is 9.41. The smallest absolute Gasteiger partial charge is 0.259 e. The van der Waals surface area contributed by atoms with Gasteiger partial charge in [-0.15, -0.1) is 0 Å². The Bertz CT molecular complexity index is 1240. The van der Waals surface area contributed by atoms with E-state index in [4.69, 9.17) is 0 Å². The number of carbonyl (C=O) groups excluding carboxylic acids is 2. The Kier molecular flexibility index (Phi) is 7.37. The molecule has 0 aliphatic carbocycles. The van der Waals surface area contributed by atoms with Gasteiger partial charge in [0.1, 0.15) is 5.75 Å². The molecule has 0 bridgehead atoms. The van der Waals surface area contributed by atoms with Crippen molar-refractivity contribution in [3.63, 3.8) is 0 Å². The first-order chi connectivity index (χ1) is 14.1. The van der Waals surface area contributed by atoms with E-state index in [1.807, 2.05) is 49.4 Å². The quantitative estimate of drug-likeness (QED) is 0.383. The molecule has 5 nitrogen and oxygen atoms in total. The maximum absolute atomic E-state index is 12.9. The molecule has 0 aromatic heterocycles. The lowest BCUT2D eigenvalue weighted by Crippen LogP contribution is -2.22. The monoisotopic (exact) mass is 416 g/mol. The highest BCUT2D eigenvalue weighted by molar-refractivity contribution is 6.12. The maximum Gasteiger partial charge on any atom is 0.259 e. The van der Waals surface area contributed by atoms with Crippen LogP contribution in [0.5, 0.6) is 5.75 Å². The molecule has 0 heterocycles. The van der Waals surface area contributed by atoms with E-state index in [0.717, 1.165) is 16.2 Å². The van der Waals surface area contributed by atoms with Gasteiger partial charge in [0.2, 0.25) is 0 Å². The van der Waals surface area contributed by atoms with Gasteiger partial charge in [-0.25, -0.2) is 0 Å². The topological polar surface area (TPSA) is 78.4 Å². The Morgan fingerprint density at radius 3 is 2.32 bits per heavy atom. The molecule has 4 aromatic carbocycles. The van der Waals surface area contributed by atoms with Gasteiger partial charge in [-0.1, -0.05) is 57.3 Å². The number of rotatable bonds is 4. The number of phenols is 1. The highest BCUT2D eigenvalue weighted by Gasteiger charge is 2.15. The molecule has 160 valence electrons. The Hall–Kier alpha value is -3.86. The molecule has 0 unspecified atom stereocenters. The average molecular weight is 417 g/mol. The summed E-state index contributed by atoms with van der Waals surface area (Å²) in [6.45, 7) is 2.39. The van der Waals surface area contributed by atoms with E-state index in [1.54, 1.807) is 24.3 Å². The molecule has 2 amide bonds. The molecular weight excluding hydrogens is 388 g/mol. The number of carbonyl (C=O) groups is 2. The molecule has 0 radical (unpaired) electrons.